The van der Waals surface area contributed by atoms with Gasteiger partial charge >= 0.3 is 6.09 Å². The van der Waals surface area contributed by atoms with Crippen LogP contribution in [-0.2, 0) is 9.53 Å². The molecule has 2 unspecified atom stereocenters. The first-order valence-corrected chi connectivity index (χ1v) is 13.1. The van der Waals surface area contributed by atoms with Gasteiger partial charge in [0.25, 0.3) is 5.91 Å². The van der Waals surface area contributed by atoms with E-state index in [1.807, 2.05) is 63.2 Å². The molecule has 1 fully saturated rings. The average molecular weight is 542 g/mol. The van der Waals surface area contributed by atoms with E-state index in [0.29, 0.717) is 34.6 Å². The van der Waals surface area contributed by atoms with E-state index in [4.69, 9.17) is 33.5 Å². The second kappa shape index (κ2) is 11.1. The topological polar surface area (TPSA) is 86.3 Å². The molecule has 2 atom stereocenters. The van der Waals surface area contributed by atoms with Crippen LogP contribution in [0.5, 0.6) is 0 Å². The Morgan fingerprint density at radius 1 is 1.16 bits per heavy atom. The minimum absolute atomic E-state index is 0.0755. The number of carbonyl (C=O) groups excluding carboxylic acids is 2. The zero-order valence-electron chi connectivity index (χ0n) is 21.5. The molecule has 0 saturated carbocycles. The zero-order chi connectivity index (χ0) is 26.7. The molecular formula is C27H32ClN5O3S. The van der Waals surface area contributed by atoms with Crippen molar-refractivity contribution in [2.24, 2.45) is 4.99 Å². The van der Waals surface area contributed by atoms with E-state index >= 15 is 0 Å². The number of carbonyl (C=O) groups is 2. The molecule has 2 aliphatic rings. The molecule has 2 aliphatic heterocycles. The lowest BCUT2D eigenvalue weighted by Crippen LogP contribution is -2.55. The van der Waals surface area contributed by atoms with Crippen molar-refractivity contribution in [2.75, 3.05) is 25.0 Å². The van der Waals surface area contributed by atoms with Crippen molar-refractivity contribution < 1.29 is 14.3 Å². The zero-order valence-corrected chi connectivity index (χ0v) is 23.0. The maximum Gasteiger partial charge on any atom is 0.410 e. The van der Waals surface area contributed by atoms with Crippen molar-refractivity contribution in [3.05, 3.63) is 64.7 Å². The van der Waals surface area contributed by atoms with Crippen LogP contribution in [0.1, 0.15) is 44.7 Å². The number of thiocarbonyl (C=S) groups is 1. The Kier molecular flexibility index (Phi) is 8.04. The van der Waals surface area contributed by atoms with Gasteiger partial charge in [-0.05, 0) is 64.0 Å². The van der Waals surface area contributed by atoms with E-state index in [-0.39, 0.29) is 18.0 Å². The summed E-state index contributed by atoms with van der Waals surface area (Å²) in [6.45, 7) is 6.63. The van der Waals surface area contributed by atoms with Crippen molar-refractivity contribution >= 4 is 52.3 Å². The Labute approximate surface area is 228 Å². The molecule has 0 aromatic heterocycles. The molecule has 0 bridgehead atoms. The van der Waals surface area contributed by atoms with Crippen molar-refractivity contribution in [1.29, 1.82) is 0 Å². The third-order valence-corrected chi connectivity index (χ3v) is 6.59. The van der Waals surface area contributed by atoms with Crippen LogP contribution in [0.4, 0.5) is 10.5 Å². The lowest BCUT2D eigenvalue weighted by molar-refractivity contribution is -0.119. The van der Waals surface area contributed by atoms with Gasteiger partial charge in [-0.25, -0.2) is 9.79 Å². The Bertz CT molecular complexity index is 1210. The monoisotopic (exact) mass is 541 g/mol. The Morgan fingerprint density at radius 3 is 2.59 bits per heavy atom. The maximum absolute atomic E-state index is 13.4. The number of anilines is 1. The van der Waals surface area contributed by atoms with Gasteiger partial charge in [0.15, 0.2) is 5.11 Å². The predicted octanol–water partition coefficient (Wildman–Crippen LogP) is 4.34. The summed E-state index contributed by atoms with van der Waals surface area (Å²) in [6, 6.07) is 15.0. The third-order valence-electron chi connectivity index (χ3n) is 6.12. The summed E-state index contributed by atoms with van der Waals surface area (Å²) in [5.74, 6) is -0.252. The first-order chi connectivity index (χ1) is 17.5. The lowest BCUT2D eigenvalue weighted by Gasteiger charge is -2.35. The van der Waals surface area contributed by atoms with Gasteiger partial charge in [0.1, 0.15) is 5.60 Å². The van der Waals surface area contributed by atoms with Crippen LogP contribution in [-0.4, -0.2) is 65.7 Å². The first-order valence-electron chi connectivity index (χ1n) is 12.3. The maximum atomic E-state index is 13.4. The molecule has 4 rings (SSSR count). The van der Waals surface area contributed by atoms with Gasteiger partial charge < -0.3 is 25.2 Å². The summed E-state index contributed by atoms with van der Waals surface area (Å²) in [5.41, 5.74) is 2.42. The summed E-state index contributed by atoms with van der Waals surface area (Å²) in [7, 11) is 1.71. The van der Waals surface area contributed by atoms with Gasteiger partial charge in [0.2, 0.25) is 6.17 Å². The number of amides is 2. The Morgan fingerprint density at radius 2 is 1.89 bits per heavy atom. The molecule has 37 heavy (non-hydrogen) atoms. The molecule has 2 aromatic rings. The standard InChI is InChI=1S/C27H32ClN5O3S/c1-27(2,3)36-26(35)33-14-8-11-19(16-33)29-25(37)31-23-24(34)32(4)21-13-12-18(28)15-20(21)22(30-23)17-9-6-5-7-10-17/h5-7,9-10,12-13,15,19,23H,8,11,14,16H2,1-4H3,(H2,29,31,37). The number of likely N-dealkylation sites (tertiary alicyclic amines) is 1. The van der Waals surface area contributed by atoms with Crippen LogP contribution >= 0.6 is 23.8 Å². The van der Waals surface area contributed by atoms with E-state index in [1.54, 1.807) is 22.9 Å². The van der Waals surface area contributed by atoms with Crippen LogP contribution in [0.3, 0.4) is 0 Å². The number of benzene rings is 2. The summed E-state index contributed by atoms with van der Waals surface area (Å²) >= 11 is 11.9. The fraction of sp³-hybridized carbons (Fsp3) is 0.407. The predicted molar refractivity (Wildman–Crippen MR) is 150 cm³/mol. The molecule has 8 nitrogen and oxygen atoms in total. The number of hydrogen-bond acceptors (Lipinski definition) is 5. The fourth-order valence-corrected chi connectivity index (χ4v) is 4.86. The van der Waals surface area contributed by atoms with E-state index < -0.39 is 11.8 Å². The molecule has 10 heteroatoms. The highest BCUT2D eigenvalue weighted by Gasteiger charge is 2.32. The van der Waals surface area contributed by atoms with Crippen LogP contribution in [0.25, 0.3) is 0 Å². The van der Waals surface area contributed by atoms with Crippen LogP contribution in [0, 0.1) is 0 Å². The average Bonchev–Trinajstić information content (AvgIpc) is 2.94. The van der Waals surface area contributed by atoms with E-state index in [2.05, 4.69) is 10.6 Å². The number of rotatable bonds is 3. The minimum atomic E-state index is -0.947. The van der Waals surface area contributed by atoms with Crippen LogP contribution in [0.15, 0.2) is 53.5 Å². The molecule has 196 valence electrons. The van der Waals surface area contributed by atoms with Crippen molar-refractivity contribution in [1.82, 2.24) is 15.5 Å². The molecule has 0 radical (unpaired) electrons. The van der Waals surface area contributed by atoms with Gasteiger partial charge in [-0.2, -0.15) is 0 Å². The molecule has 2 N–H and O–H groups in total. The summed E-state index contributed by atoms with van der Waals surface area (Å²) in [5, 5.41) is 7.20. The van der Waals surface area contributed by atoms with Gasteiger partial charge in [-0.15, -0.1) is 0 Å². The second-order valence-corrected chi connectivity index (χ2v) is 11.0. The summed E-state index contributed by atoms with van der Waals surface area (Å²) in [6.07, 6.45) is 0.364. The Hall–Kier alpha value is -3.17. The van der Waals surface area contributed by atoms with Gasteiger partial charge in [0.05, 0.1) is 11.4 Å². The SMILES string of the molecule is CN1C(=O)C(NC(=S)NC2CCCN(C(=O)OC(C)(C)C)C2)N=C(c2ccccc2)c2cc(Cl)ccc21. The van der Waals surface area contributed by atoms with Crippen molar-refractivity contribution in [2.45, 2.75) is 51.4 Å². The fourth-order valence-electron chi connectivity index (χ4n) is 4.40. The third kappa shape index (κ3) is 6.59. The number of benzodiazepines with no additional fused rings is 1. The largest absolute Gasteiger partial charge is 0.444 e. The highest BCUT2D eigenvalue weighted by Crippen LogP contribution is 2.30. The van der Waals surface area contributed by atoms with Gasteiger partial charge in [-0.3, -0.25) is 4.79 Å². The molecule has 2 heterocycles. The number of fused-ring (bicyclic) bond motifs is 1. The van der Waals surface area contributed by atoms with Gasteiger partial charge in [0, 0.05) is 42.3 Å². The number of likely N-dealkylation sites (N-methyl/N-ethyl adjacent to an activating group) is 1. The van der Waals surface area contributed by atoms with E-state index in [1.165, 1.54) is 0 Å². The number of nitrogens with zero attached hydrogens (tertiary/aromatic N) is 3. The van der Waals surface area contributed by atoms with Gasteiger partial charge in [-0.1, -0.05) is 41.9 Å². The number of halogens is 1. The van der Waals surface area contributed by atoms with Crippen molar-refractivity contribution in [3.8, 4) is 0 Å². The number of piperidine rings is 1. The highest BCUT2D eigenvalue weighted by molar-refractivity contribution is 7.80. The lowest BCUT2D eigenvalue weighted by atomic mass is 10.0. The van der Waals surface area contributed by atoms with Crippen LogP contribution < -0.4 is 15.5 Å². The molecule has 2 aromatic carbocycles. The number of nitrogens with one attached hydrogen (secondary N) is 2. The molecule has 2 amide bonds. The Balaban J connectivity index is 1.53. The highest BCUT2D eigenvalue weighted by atomic mass is 35.5. The van der Waals surface area contributed by atoms with Crippen molar-refractivity contribution in [3.63, 3.8) is 0 Å². The normalized spacial score (nSPS) is 19.9. The quantitative estimate of drug-likeness (QED) is 0.562. The minimum Gasteiger partial charge on any atom is -0.444 e. The second-order valence-electron chi connectivity index (χ2n) is 10.2. The molecule has 0 aliphatic carbocycles. The molecule has 0 spiro atoms. The number of ether oxygens (including phenoxy) is 1. The summed E-state index contributed by atoms with van der Waals surface area (Å²) in [4.78, 5) is 34.0. The van der Waals surface area contributed by atoms with E-state index in [0.717, 1.165) is 24.0 Å². The van der Waals surface area contributed by atoms with E-state index in [9.17, 15) is 9.59 Å². The molecular weight excluding hydrogens is 510 g/mol. The van der Waals surface area contributed by atoms with Crippen LogP contribution in [0.2, 0.25) is 5.02 Å². The molecule has 1 saturated heterocycles. The summed E-state index contributed by atoms with van der Waals surface area (Å²) < 4.78 is 5.52. The number of hydrogen-bond donors (Lipinski definition) is 2. The first kappa shape index (κ1) is 26.9. The smallest absolute Gasteiger partial charge is 0.410 e. The number of aliphatic imine (C=N–C) groups is 1.